The average molecular weight is 713 g/mol. The van der Waals surface area contributed by atoms with Gasteiger partial charge >= 0.3 is 0 Å². The number of aryl methyl sites for hydroxylation is 1. The van der Waals surface area contributed by atoms with Gasteiger partial charge in [0.2, 0.25) is 0 Å². The molecule has 0 N–H and O–H groups in total. The van der Waals surface area contributed by atoms with E-state index in [9.17, 15) is 0 Å². The van der Waals surface area contributed by atoms with E-state index in [1.807, 2.05) is 11.3 Å². The summed E-state index contributed by atoms with van der Waals surface area (Å²) in [6.45, 7) is 4.90. The lowest BCUT2D eigenvalue weighted by Crippen LogP contribution is -2.26. The zero-order chi connectivity index (χ0) is 36.0. The molecule has 1 atom stereocenters. The highest BCUT2D eigenvalue weighted by molar-refractivity contribution is 7.21. The Hall–Kier alpha value is -5.90. The van der Waals surface area contributed by atoms with Crippen LogP contribution in [0, 0.1) is 0 Å². The van der Waals surface area contributed by atoms with E-state index in [1.54, 1.807) is 0 Å². The van der Waals surface area contributed by atoms with Crippen LogP contribution in [0.4, 0.5) is 11.4 Å². The molecule has 3 heteroatoms. The monoisotopic (exact) mass is 712 g/mol. The summed E-state index contributed by atoms with van der Waals surface area (Å²) in [4.78, 5) is 3.83. The number of hydrogen-bond acceptors (Lipinski definition) is 2. The Morgan fingerprint density at radius 2 is 1.44 bits per heavy atom. The fourth-order valence-corrected chi connectivity index (χ4v) is 10.7. The second-order valence-electron chi connectivity index (χ2n) is 15.6. The second-order valence-corrected chi connectivity index (χ2v) is 16.6. The minimum atomic E-state index is -0.156. The molecule has 2 aliphatic carbocycles. The van der Waals surface area contributed by atoms with Gasteiger partial charge in [-0.1, -0.05) is 123 Å². The van der Waals surface area contributed by atoms with Crippen LogP contribution in [-0.4, -0.2) is 4.57 Å². The summed E-state index contributed by atoms with van der Waals surface area (Å²) < 4.78 is 4.02. The maximum absolute atomic E-state index is 2.58. The largest absolute Gasteiger partial charge is 0.311 e. The zero-order valence-electron chi connectivity index (χ0n) is 30.6. The van der Waals surface area contributed by atoms with Crippen molar-refractivity contribution in [2.75, 3.05) is 4.90 Å². The summed E-state index contributed by atoms with van der Waals surface area (Å²) in [5.41, 5.74) is 15.6. The highest BCUT2D eigenvalue weighted by Crippen LogP contribution is 2.53. The Balaban J connectivity index is 0.983. The van der Waals surface area contributed by atoms with Crippen molar-refractivity contribution in [2.24, 2.45) is 0 Å². The van der Waals surface area contributed by atoms with Crippen LogP contribution in [0.2, 0.25) is 0 Å². The lowest BCUT2D eigenvalue weighted by atomic mass is 9.73. The van der Waals surface area contributed by atoms with E-state index in [4.69, 9.17) is 0 Å². The third kappa shape index (κ3) is 4.71. The van der Waals surface area contributed by atoms with Crippen LogP contribution in [0.5, 0.6) is 0 Å². The Morgan fingerprint density at radius 3 is 2.24 bits per heavy atom. The van der Waals surface area contributed by atoms with Gasteiger partial charge in [0, 0.05) is 48.8 Å². The highest BCUT2D eigenvalue weighted by Gasteiger charge is 2.37. The first kappa shape index (κ1) is 31.6. The summed E-state index contributed by atoms with van der Waals surface area (Å²) in [5, 5.41) is 4.25. The third-order valence-corrected chi connectivity index (χ3v) is 13.4. The first-order chi connectivity index (χ1) is 26.5. The maximum Gasteiger partial charge on any atom is 0.0596 e. The summed E-state index contributed by atoms with van der Waals surface area (Å²) in [6, 6.07) is 49.3. The Morgan fingerprint density at radius 1 is 0.704 bits per heavy atom. The summed E-state index contributed by atoms with van der Waals surface area (Å²) in [5.74, 6) is 0.300. The number of hydrogen-bond donors (Lipinski definition) is 0. The van der Waals surface area contributed by atoms with Crippen molar-refractivity contribution >= 4 is 60.7 Å². The van der Waals surface area contributed by atoms with E-state index in [1.165, 1.54) is 81.5 Å². The van der Waals surface area contributed by atoms with E-state index < -0.39 is 0 Å². The number of nitrogens with zero attached hydrogens (tertiary/aromatic N) is 2. The SMILES string of the molecule is CC1(C)c2cc(C3C=CC(N(c4ccccc4)c4ccc(-c5ccccc5)cc4)=CC3)ccc2-n2c3ccccc3c3c4sc5c(c4cc1c32)CCC=C5. The molecule has 0 amide bonds. The number of thiophene rings is 1. The van der Waals surface area contributed by atoms with E-state index in [2.05, 4.69) is 187 Å². The fourth-order valence-electron chi connectivity index (χ4n) is 9.41. The van der Waals surface area contributed by atoms with Crippen molar-refractivity contribution in [3.05, 3.63) is 191 Å². The molecule has 0 saturated heterocycles. The predicted molar refractivity (Wildman–Crippen MR) is 231 cm³/mol. The maximum atomic E-state index is 2.58. The van der Waals surface area contributed by atoms with Crippen molar-refractivity contribution in [3.63, 3.8) is 0 Å². The van der Waals surface area contributed by atoms with Gasteiger partial charge in [-0.2, -0.15) is 0 Å². The molecule has 0 bridgehead atoms. The molecule has 3 aliphatic rings. The number of aromatic nitrogens is 1. The van der Waals surface area contributed by atoms with Crippen LogP contribution in [-0.2, 0) is 11.8 Å². The van der Waals surface area contributed by atoms with Gasteiger partial charge in [-0.25, -0.2) is 0 Å². The smallest absolute Gasteiger partial charge is 0.0596 e. The van der Waals surface area contributed by atoms with E-state index in [-0.39, 0.29) is 5.41 Å². The number of fused-ring (bicyclic) bond motifs is 9. The van der Waals surface area contributed by atoms with Crippen LogP contribution in [0.25, 0.3) is 54.8 Å². The van der Waals surface area contributed by atoms with Gasteiger partial charge in [-0.15, -0.1) is 11.3 Å². The molecule has 0 saturated carbocycles. The van der Waals surface area contributed by atoms with Crippen molar-refractivity contribution in [1.82, 2.24) is 4.57 Å². The lowest BCUT2D eigenvalue weighted by molar-refractivity contribution is 0.628. The molecule has 2 nitrogen and oxygen atoms in total. The molecular weight excluding hydrogens is 673 g/mol. The Bertz CT molecular complexity index is 2860. The molecule has 2 aromatic heterocycles. The van der Waals surface area contributed by atoms with Gasteiger partial charge in [0.15, 0.2) is 0 Å². The molecule has 0 spiro atoms. The quantitative estimate of drug-likeness (QED) is 0.172. The minimum absolute atomic E-state index is 0.156. The van der Waals surface area contributed by atoms with Crippen LogP contribution in [0.15, 0.2) is 163 Å². The minimum Gasteiger partial charge on any atom is -0.311 e. The number of benzene rings is 6. The molecule has 8 aromatic rings. The molecule has 0 fully saturated rings. The number of allylic oxidation sites excluding steroid dienone is 4. The molecule has 6 aromatic carbocycles. The molecule has 11 rings (SSSR count). The van der Waals surface area contributed by atoms with Gasteiger partial charge in [0.05, 0.1) is 16.7 Å². The van der Waals surface area contributed by atoms with Crippen molar-refractivity contribution in [3.8, 4) is 16.8 Å². The molecule has 260 valence electrons. The standard InChI is InChI=1S/C51H40N2S/c1-51(2)43-31-36(35-23-28-39(29-24-35)52(37-15-7-4-8-16-37)38-26-21-34(22-27-38)33-13-5-3-6-14-33)25-30-46(43)53-45-19-11-9-18-41(45)48-49(53)44(51)32-42-40-17-10-12-20-47(40)54-50(42)48/h3-9,11-16,18-23,25-32,35H,10,17,24H2,1-2H3. The van der Waals surface area contributed by atoms with Crippen LogP contribution in [0.3, 0.4) is 0 Å². The van der Waals surface area contributed by atoms with Gasteiger partial charge in [0.1, 0.15) is 0 Å². The van der Waals surface area contributed by atoms with E-state index in [0.717, 1.165) is 30.6 Å². The van der Waals surface area contributed by atoms with Crippen molar-refractivity contribution in [2.45, 2.75) is 44.4 Å². The molecule has 54 heavy (non-hydrogen) atoms. The first-order valence-corrected chi connectivity index (χ1v) is 20.1. The molecule has 0 radical (unpaired) electrons. The van der Waals surface area contributed by atoms with Crippen molar-refractivity contribution in [1.29, 1.82) is 0 Å². The van der Waals surface area contributed by atoms with Crippen LogP contribution < -0.4 is 4.90 Å². The molecular formula is C51H40N2S. The lowest BCUT2D eigenvalue weighted by Gasteiger charge is -2.36. The summed E-state index contributed by atoms with van der Waals surface area (Å²) in [7, 11) is 0. The first-order valence-electron chi connectivity index (χ1n) is 19.3. The zero-order valence-corrected chi connectivity index (χ0v) is 31.4. The summed E-state index contributed by atoms with van der Waals surface area (Å²) >= 11 is 1.99. The Labute approximate surface area is 320 Å². The van der Waals surface area contributed by atoms with Gasteiger partial charge in [0.25, 0.3) is 0 Å². The Kier molecular flexibility index (Phi) is 7.06. The van der Waals surface area contributed by atoms with Gasteiger partial charge < -0.3 is 9.47 Å². The molecule has 3 heterocycles. The third-order valence-electron chi connectivity index (χ3n) is 12.2. The number of anilines is 2. The van der Waals surface area contributed by atoms with Gasteiger partial charge in [-0.3, -0.25) is 0 Å². The summed E-state index contributed by atoms with van der Waals surface area (Å²) in [6.07, 6.45) is 15.1. The van der Waals surface area contributed by atoms with Crippen LogP contribution in [0.1, 0.15) is 59.7 Å². The van der Waals surface area contributed by atoms with Crippen LogP contribution >= 0.6 is 11.3 Å². The van der Waals surface area contributed by atoms with E-state index >= 15 is 0 Å². The molecule has 1 unspecified atom stereocenters. The second kappa shape index (κ2) is 12.1. The number of para-hydroxylation sites is 2. The van der Waals surface area contributed by atoms with E-state index in [0.29, 0.717) is 5.92 Å². The average Bonchev–Trinajstić information content (AvgIpc) is 3.78. The van der Waals surface area contributed by atoms with Gasteiger partial charge in [-0.05, 0) is 113 Å². The van der Waals surface area contributed by atoms with Crippen molar-refractivity contribution < 1.29 is 0 Å². The topological polar surface area (TPSA) is 8.17 Å². The number of rotatable bonds is 5. The normalized spacial score (nSPS) is 16.8. The predicted octanol–water partition coefficient (Wildman–Crippen LogP) is 14.0. The molecule has 1 aliphatic heterocycles. The highest BCUT2D eigenvalue weighted by atomic mass is 32.1. The fraction of sp³-hybridized carbons (Fsp3) is 0.137.